The van der Waals surface area contributed by atoms with Crippen LogP contribution < -0.4 is 22.1 Å². The molecular weight excluding hydrogens is 362 g/mol. The second kappa shape index (κ2) is 9.83. The Morgan fingerprint density at radius 3 is 2.33 bits per heavy atom. The van der Waals surface area contributed by atoms with Crippen LogP contribution >= 0.6 is 0 Å². The van der Waals surface area contributed by atoms with E-state index in [0.717, 1.165) is 0 Å². The van der Waals surface area contributed by atoms with Gasteiger partial charge >= 0.3 is 5.97 Å². The lowest BCUT2D eigenvalue weighted by Gasteiger charge is -2.26. The van der Waals surface area contributed by atoms with Crippen LogP contribution in [0.3, 0.4) is 0 Å². The monoisotopic (exact) mass is 387 g/mol. The van der Waals surface area contributed by atoms with Crippen LogP contribution in [0.25, 0.3) is 0 Å². The Hall–Kier alpha value is -2.73. The maximum Gasteiger partial charge on any atom is 0.326 e. The fraction of sp³-hybridized carbons (Fsp3) is 0.667. The van der Waals surface area contributed by atoms with Crippen molar-refractivity contribution in [1.29, 1.82) is 0 Å². The Kier molecular flexibility index (Phi) is 8.12. The van der Waals surface area contributed by atoms with Crippen molar-refractivity contribution in [2.75, 3.05) is 13.2 Å². The Labute approximate surface area is 155 Å². The minimum atomic E-state index is -1.40. The van der Waals surface area contributed by atoms with Gasteiger partial charge in [0.05, 0.1) is 19.1 Å². The first-order chi connectivity index (χ1) is 12.6. The van der Waals surface area contributed by atoms with Crippen molar-refractivity contribution in [3.8, 4) is 0 Å². The number of likely N-dealkylation sites (tertiary alicyclic amines) is 1. The van der Waals surface area contributed by atoms with E-state index in [0.29, 0.717) is 12.8 Å². The summed E-state index contributed by atoms with van der Waals surface area (Å²) in [5.74, 6) is -4.23. The number of carbonyl (C=O) groups excluding carboxylic acids is 4. The number of hydrogen-bond acceptors (Lipinski definition) is 7. The summed E-state index contributed by atoms with van der Waals surface area (Å²) in [4.78, 5) is 59.5. The van der Waals surface area contributed by atoms with Gasteiger partial charge in [0.2, 0.25) is 23.6 Å². The van der Waals surface area contributed by atoms with Gasteiger partial charge in [0.1, 0.15) is 18.1 Å². The number of rotatable bonds is 9. The van der Waals surface area contributed by atoms with Gasteiger partial charge in [0.15, 0.2) is 0 Å². The van der Waals surface area contributed by atoms with Gasteiger partial charge in [0, 0.05) is 6.54 Å². The maximum absolute atomic E-state index is 12.4. The number of aliphatic hydroxyl groups excluding tert-OH is 1. The molecule has 0 radical (unpaired) electrons. The number of nitrogens with one attached hydrogen (secondary N) is 2. The Morgan fingerprint density at radius 1 is 1.19 bits per heavy atom. The van der Waals surface area contributed by atoms with E-state index in [2.05, 4.69) is 10.6 Å². The number of primary amides is 1. The second-order valence-corrected chi connectivity index (χ2v) is 6.28. The average Bonchev–Trinajstić information content (AvgIpc) is 3.07. The van der Waals surface area contributed by atoms with Gasteiger partial charge in [-0.05, 0) is 19.8 Å². The van der Waals surface area contributed by atoms with Crippen molar-refractivity contribution >= 4 is 29.6 Å². The van der Waals surface area contributed by atoms with Crippen molar-refractivity contribution in [3.63, 3.8) is 0 Å². The number of carbonyl (C=O) groups is 5. The summed E-state index contributed by atoms with van der Waals surface area (Å²) < 4.78 is 0. The summed E-state index contributed by atoms with van der Waals surface area (Å²) in [6.45, 7) is 0.855. The van der Waals surface area contributed by atoms with Crippen LogP contribution in [0.1, 0.15) is 26.2 Å². The van der Waals surface area contributed by atoms with E-state index in [9.17, 15) is 29.1 Å². The molecule has 4 amide bonds. The first-order valence-electron chi connectivity index (χ1n) is 8.37. The first kappa shape index (κ1) is 22.3. The van der Waals surface area contributed by atoms with Gasteiger partial charge in [-0.2, -0.15) is 0 Å². The number of aliphatic carboxylic acids is 1. The normalized spacial score (nSPS) is 19.7. The zero-order valence-electron chi connectivity index (χ0n) is 14.9. The summed E-state index contributed by atoms with van der Waals surface area (Å²) in [5, 5.41) is 22.9. The molecule has 1 heterocycles. The third kappa shape index (κ3) is 6.18. The van der Waals surface area contributed by atoms with Crippen LogP contribution in [-0.4, -0.2) is 82.0 Å². The van der Waals surface area contributed by atoms with Crippen molar-refractivity contribution in [2.24, 2.45) is 11.5 Å². The molecule has 0 aromatic rings. The van der Waals surface area contributed by atoms with Gasteiger partial charge in [0.25, 0.3) is 0 Å². The van der Waals surface area contributed by atoms with E-state index in [1.807, 2.05) is 0 Å². The van der Waals surface area contributed by atoms with E-state index in [-0.39, 0.29) is 6.54 Å². The van der Waals surface area contributed by atoms with Gasteiger partial charge in [-0.3, -0.25) is 19.2 Å². The zero-order valence-corrected chi connectivity index (χ0v) is 14.9. The minimum absolute atomic E-state index is 0.262. The summed E-state index contributed by atoms with van der Waals surface area (Å²) >= 11 is 0. The van der Waals surface area contributed by atoms with Crippen LogP contribution in [0.5, 0.6) is 0 Å². The lowest BCUT2D eigenvalue weighted by atomic mass is 10.1. The molecule has 0 bridgehead atoms. The fourth-order valence-electron chi connectivity index (χ4n) is 2.69. The summed E-state index contributed by atoms with van der Waals surface area (Å²) in [5.41, 5.74) is 10.4. The first-order valence-corrected chi connectivity index (χ1v) is 8.37. The largest absolute Gasteiger partial charge is 0.480 e. The summed E-state index contributed by atoms with van der Waals surface area (Å²) in [6.07, 6.45) is 0.428. The molecule has 27 heavy (non-hydrogen) atoms. The number of hydrogen-bond donors (Lipinski definition) is 6. The third-order valence-corrected chi connectivity index (χ3v) is 4.12. The number of carboxylic acid groups (broad SMARTS) is 1. The fourth-order valence-corrected chi connectivity index (χ4v) is 2.69. The summed E-state index contributed by atoms with van der Waals surface area (Å²) in [7, 11) is 0. The van der Waals surface area contributed by atoms with Gasteiger partial charge < -0.3 is 37.2 Å². The quantitative estimate of drug-likeness (QED) is 0.231. The third-order valence-electron chi connectivity index (χ3n) is 4.12. The van der Waals surface area contributed by atoms with Crippen molar-refractivity contribution < 1.29 is 34.2 Å². The molecule has 1 aliphatic heterocycles. The van der Waals surface area contributed by atoms with E-state index in [1.54, 1.807) is 0 Å². The molecule has 1 rings (SSSR count). The van der Waals surface area contributed by atoms with Gasteiger partial charge in [-0.1, -0.05) is 0 Å². The van der Waals surface area contributed by atoms with Crippen molar-refractivity contribution in [1.82, 2.24) is 15.5 Å². The van der Waals surface area contributed by atoms with Crippen molar-refractivity contribution in [2.45, 2.75) is 50.4 Å². The van der Waals surface area contributed by atoms with E-state index >= 15 is 0 Å². The van der Waals surface area contributed by atoms with Crippen LogP contribution in [0.2, 0.25) is 0 Å². The number of nitrogens with zero attached hydrogens (tertiary/aromatic N) is 1. The van der Waals surface area contributed by atoms with E-state index in [1.165, 1.54) is 11.8 Å². The lowest BCUT2D eigenvalue weighted by molar-refractivity contribution is -0.149. The van der Waals surface area contributed by atoms with E-state index in [4.69, 9.17) is 16.6 Å². The molecule has 1 saturated heterocycles. The molecule has 0 aliphatic carbocycles. The molecule has 8 N–H and O–H groups in total. The summed E-state index contributed by atoms with van der Waals surface area (Å²) in [6, 6.07) is -4.70. The van der Waals surface area contributed by atoms with Crippen LogP contribution in [0.15, 0.2) is 0 Å². The maximum atomic E-state index is 12.4. The molecule has 152 valence electrons. The van der Waals surface area contributed by atoms with Crippen LogP contribution in [0, 0.1) is 0 Å². The number of amides is 4. The molecule has 0 spiro atoms. The Balaban J connectivity index is 2.66. The molecule has 12 nitrogen and oxygen atoms in total. The topological polar surface area (TPSA) is 205 Å². The van der Waals surface area contributed by atoms with Gasteiger partial charge in [-0.25, -0.2) is 4.79 Å². The minimum Gasteiger partial charge on any atom is -0.480 e. The van der Waals surface area contributed by atoms with Crippen LogP contribution in [-0.2, 0) is 24.0 Å². The molecule has 0 aromatic carbocycles. The highest BCUT2D eigenvalue weighted by molar-refractivity contribution is 5.95. The van der Waals surface area contributed by atoms with Crippen LogP contribution in [0.4, 0.5) is 0 Å². The number of nitrogens with two attached hydrogens (primary N) is 2. The molecule has 1 aliphatic rings. The predicted octanol–water partition coefficient (Wildman–Crippen LogP) is -3.75. The van der Waals surface area contributed by atoms with Gasteiger partial charge in [-0.15, -0.1) is 0 Å². The van der Waals surface area contributed by atoms with Crippen molar-refractivity contribution in [3.05, 3.63) is 0 Å². The molecule has 4 atom stereocenters. The highest BCUT2D eigenvalue weighted by Crippen LogP contribution is 2.18. The number of carboxylic acids is 1. The predicted molar refractivity (Wildman–Crippen MR) is 90.8 cm³/mol. The SMILES string of the molecule is CC(NC(=O)C(CO)NC(=O)C(N)CC(N)=O)C(=O)N1CCCC1C(=O)O. The molecular formula is C15H25N5O7. The standard InChI is InChI=1S/C15H25N5O7/c1-7(14(25)20-4-2-3-10(20)15(26)27)18-13(24)9(6-21)19-12(23)8(16)5-11(17)22/h7-10,21H,2-6,16H2,1H3,(H2,17,22)(H,18,24)(H,19,23)(H,26,27). The Morgan fingerprint density at radius 2 is 1.81 bits per heavy atom. The molecule has 12 heteroatoms. The second-order valence-electron chi connectivity index (χ2n) is 6.28. The number of aliphatic hydroxyl groups is 1. The molecule has 4 unspecified atom stereocenters. The highest BCUT2D eigenvalue weighted by atomic mass is 16.4. The molecule has 1 fully saturated rings. The average molecular weight is 387 g/mol. The highest BCUT2D eigenvalue weighted by Gasteiger charge is 2.36. The van der Waals surface area contributed by atoms with E-state index < -0.39 is 66.8 Å². The smallest absolute Gasteiger partial charge is 0.326 e. The zero-order chi connectivity index (χ0) is 20.7. The molecule has 0 aromatic heterocycles. The lowest BCUT2D eigenvalue weighted by Crippen LogP contribution is -2.57. The molecule has 0 saturated carbocycles. The Bertz CT molecular complexity index is 611.